The van der Waals surface area contributed by atoms with Gasteiger partial charge in [-0.1, -0.05) is 165 Å². The largest absolute Gasteiger partial charge is 0.361 e. The predicted octanol–water partition coefficient (Wildman–Crippen LogP) is 19.6. The van der Waals surface area contributed by atoms with Crippen molar-refractivity contribution in [2.45, 2.75) is 180 Å². The fourth-order valence-corrected chi connectivity index (χ4v) is 18.6. The Morgan fingerprint density at radius 3 is 1.31 bits per heavy atom. The number of rotatable bonds is 28. The lowest BCUT2D eigenvalue weighted by molar-refractivity contribution is 0.0939. The quantitative estimate of drug-likeness (QED) is 0.0263. The van der Waals surface area contributed by atoms with Crippen molar-refractivity contribution in [1.29, 1.82) is 0 Å². The molecule has 2 aromatic carbocycles. The first-order valence-corrected chi connectivity index (χ1v) is 51.2. The van der Waals surface area contributed by atoms with Gasteiger partial charge in [0.05, 0.1) is 33.9 Å². The van der Waals surface area contributed by atoms with Crippen LogP contribution in [0.5, 0.6) is 0 Å². The Morgan fingerprint density at radius 1 is 0.453 bits per heavy atom. The summed E-state index contributed by atoms with van der Waals surface area (Å²) in [7, 11) is -4.89. The topological polar surface area (TPSA) is 130 Å². The minimum absolute atomic E-state index is 0.403. The van der Waals surface area contributed by atoms with E-state index in [2.05, 4.69) is 197 Å². The number of ether oxygens (including phenoxy) is 4. The van der Waals surface area contributed by atoms with Gasteiger partial charge in [0.1, 0.15) is 32.7 Å². The molecule has 8 atom stereocenters. The number of anilines is 2. The molecule has 0 spiro atoms. The molecule has 0 saturated heterocycles. The Balaban J connectivity index is 0.000000193. The van der Waals surface area contributed by atoms with Crippen LogP contribution in [0.1, 0.15) is 88.4 Å². The molecule has 510 valence electrons. The number of nitrogens with zero attached hydrogens (tertiary/aromatic N) is 10. The molecule has 0 N–H and O–H groups in total. The number of hydrogen-bond acceptors (Lipinski definition) is 12. The van der Waals surface area contributed by atoms with Gasteiger partial charge in [0.25, 0.3) is 0 Å². The maximum atomic E-state index is 6.42. The van der Waals surface area contributed by atoms with E-state index in [-0.39, 0.29) is 0 Å². The molecule has 0 aliphatic heterocycles. The second kappa shape index (κ2) is 30.9. The SMILES string of the molecule is CC1CC2CC(c3cc(N(COCC[Si](C)(C)C)COCC[Si](C)(C)C)n4ncc(-c5ccc(-c6ccccc6)nc5)c4n3)CC1C2.CC1CC2CC(c3nc4c(-c5ccc(-c6ccccc6)nc5)cnn4c(N(COCC[Si](C)(C)C)COCC[Si](C)(C)C)c3Br)CC1C2. The molecule has 4 fully saturated rings. The summed E-state index contributed by atoms with van der Waals surface area (Å²) in [6, 6.07) is 36.0. The van der Waals surface area contributed by atoms with Crippen LogP contribution in [-0.4, -0.2) is 125 Å². The molecular formula is C76H109BrN10O4Si4. The zero-order valence-electron chi connectivity index (χ0n) is 59.7. The maximum Gasteiger partial charge on any atom is 0.165 e. The summed E-state index contributed by atoms with van der Waals surface area (Å²) >= 11 is 4.12. The van der Waals surface area contributed by atoms with Crippen molar-refractivity contribution in [2.75, 3.05) is 63.2 Å². The highest BCUT2D eigenvalue weighted by Crippen LogP contribution is 2.54. The number of benzene rings is 2. The first kappa shape index (κ1) is 71.1. The summed E-state index contributed by atoms with van der Waals surface area (Å²) in [6.45, 7) is 38.5. The van der Waals surface area contributed by atoms with Gasteiger partial charge in [0, 0.05) is 128 Å². The maximum absolute atomic E-state index is 6.42. The van der Waals surface area contributed by atoms with E-state index in [9.17, 15) is 0 Å². The molecule has 8 aromatic rings. The van der Waals surface area contributed by atoms with Gasteiger partial charge in [-0.3, -0.25) is 9.97 Å². The third-order valence-electron chi connectivity index (χ3n) is 20.5. The van der Waals surface area contributed by atoms with E-state index >= 15 is 0 Å². The molecule has 6 heterocycles. The summed E-state index contributed by atoms with van der Waals surface area (Å²) in [5.41, 5.74) is 12.2. The summed E-state index contributed by atoms with van der Waals surface area (Å²) < 4.78 is 30.6. The summed E-state index contributed by atoms with van der Waals surface area (Å²) in [4.78, 5) is 25.0. The minimum Gasteiger partial charge on any atom is -0.361 e. The number of halogens is 1. The van der Waals surface area contributed by atoms with Crippen LogP contribution in [0.2, 0.25) is 103 Å². The number of aromatic nitrogens is 8. The third-order valence-corrected chi connectivity index (χ3v) is 28.0. The van der Waals surface area contributed by atoms with Crippen molar-refractivity contribution >= 4 is 71.2 Å². The second-order valence-corrected chi connectivity index (χ2v) is 56.6. The molecule has 4 saturated carbocycles. The van der Waals surface area contributed by atoms with Crippen LogP contribution in [0.4, 0.5) is 11.6 Å². The fourth-order valence-electron chi connectivity index (χ4n) is 14.7. The average molecular weight is 1420 g/mol. The van der Waals surface area contributed by atoms with Crippen molar-refractivity contribution in [1.82, 2.24) is 39.2 Å². The number of fused-ring (bicyclic) bond motifs is 6. The van der Waals surface area contributed by atoms with Crippen LogP contribution < -0.4 is 9.80 Å². The zero-order valence-corrected chi connectivity index (χ0v) is 65.3. The molecular weight excluding hydrogens is 1310 g/mol. The van der Waals surface area contributed by atoms with Gasteiger partial charge in [-0.05, 0) is 139 Å². The monoisotopic (exact) mass is 1420 g/mol. The Morgan fingerprint density at radius 2 is 0.874 bits per heavy atom. The molecule has 4 aliphatic rings. The highest BCUT2D eigenvalue weighted by Gasteiger charge is 2.42. The van der Waals surface area contributed by atoms with Crippen molar-refractivity contribution in [3.63, 3.8) is 0 Å². The van der Waals surface area contributed by atoms with Crippen LogP contribution in [-0.2, 0) is 18.9 Å². The molecule has 6 aromatic heterocycles. The van der Waals surface area contributed by atoms with Crippen LogP contribution in [0.3, 0.4) is 0 Å². The zero-order chi connectivity index (χ0) is 67.2. The molecule has 0 radical (unpaired) electrons. The van der Waals surface area contributed by atoms with Crippen molar-refractivity contribution in [3.8, 4) is 44.8 Å². The first-order chi connectivity index (χ1) is 45.3. The second-order valence-electron chi connectivity index (χ2n) is 33.3. The number of pyridine rings is 2. The molecule has 95 heavy (non-hydrogen) atoms. The smallest absolute Gasteiger partial charge is 0.165 e. The van der Waals surface area contributed by atoms with Gasteiger partial charge >= 0.3 is 0 Å². The molecule has 12 rings (SSSR count). The first-order valence-electron chi connectivity index (χ1n) is 35.6. The molecule has 14 nitrogen and oxygen atoms in total. The standard InChI is InChI=1S/C38H54BrN5O2Si2.C38H55N5O2Si2/c1-27-19-28-20-31(27)22-32(21-28)36-35(39)38(43(25-45-15-17-47(2,3)4)26-46-16-18-48(5,6)7)44-37(42-36)33(24-41-44)30-13-14-34(40-23-30)29-11-9-8-10-12-29;1-28-19-29-20-32(28)22-33(21-29)36-23-37(42(26-44-15-17-46(2,3)4)27-45-16-18-47(5,6)7)43-38(41-36)34(25-40-43)31-13-14-35(39-24-31)30-11-9-8-10-12-30/h8-14,23-24,27-28,31-32H,15-22,25-26H2,1-7H3;8-14,23-25,28-29,32-33H,15-22,26-27H2,1-7H3. The average Bonchev–Trinajstić information content (AvgIpc) is 1.67. The van der Waals surface area contributed by atoms with E-state index in [4.69, 9.17) is 49.1 Å². The molecule has 4 bridgehead atoms. The van der Waals surface area contributed by atoms with Gasteiger partial charge in [-0.2, -0.15) is 19.2 Å². The Kier molecular flexibility index (Phi) is 23.1. The van der Waals surface area contributed by atoms with Gasteiger partial charge in [0.2, 0.25) is 0 Å². The fraction of sp³-hybridized carbons (Fsp3) is 0.553. The highest BCUT2D eigenvalue weighted by molar-refractivity contribution is 9.10. The Labute approximate surface area is 580 Å². The lowest BCUT2D eigenvalue weighted by atomic mass is 9.78. The third kappa shape index (κ3) is 18.8. The highest BCUT2D eigenvalue weighted by atomic mass is 79.9. The molecule has 19 heteroatoms. The molecule has 8 unspecified atom stereocenters. The van der Waals surface area contributed by atoms with E-state index in [1.54, 1.807) is 0 Å². The van der Waals surface area contributed by atoms with Crippen molar-refractivity contribution in [2.24, 2.45) is 35.5 Å². The van der Waals surface area contributed by atoms with Crippen LogP contribution in [0.25, 0.3) is 56.1 Å². The van der Waals surface area contributed by atoms with Crippen molar-refractivity contribution < 1.29 is 18.9 Å². The van der Waals surface area contributed by atoms with Crippen molar-refractivity contribution in [3.05, 3.63) is 132 Å². The lowest BCUT2D eigenvalue weighted by Gasteiger charge is -2.31. The number of hydrogen-bond donors (Lipinski definition) is 0. The van der Waals surface area contributed by atoms with E-state index in [1.807, 2.05) is 46.0 Å². The van der Waals surface area contributed by atoms with E-state index in [0.717, 1.165) is 164 Å². The van der Waals surface area contributed by atoms with Gasteiger partial charge in [0.15, 0.2) is 17.1 Å². The van der Waals surface area contributed by atoms with Gasteiger partial charge in [-0.15, -0.1) is 0 Å². The lowest BCUT2D eigenvalue weighted by Crippen LogP contribution is -2.34. The summed E-state index contributed by atoms with van der Waals surface area (Å²) in [5, 5.41) is 9.95. The van der Waals surface area contributed by atoms with E-state index < -0.39 is 32.3 Å². The van der Waals surface area contributed by atoms with E-state index in [1.165, 1.54) is 57.1 Å². The van der Waals surface area contributed by atoms with Gasteiger partial charge < -0.3 is 28.7 Å². The van der Waals surface area contributed by atoms with Crippen LogP contribution in [0, 0.1) is 35.5 Å². The predicted molar refractivity (Wildman–Crippen MR) is 407 cm³/mol. The minimum atomic E-state index is -1.23. The van der Waals surface area contributed by atoms with E-state index in [0.29, 0.717) is 38.8 Å². The van der Waals surface area contributed by atoms with Crippen LogP contribution >= 0.6 is 15.9 Å². The summed E-state index contributed by atoms with van der Waals surface area (Å²) in [6.07, 6.45) is 18.1. The Bertz CT molecular complexity index is 3730. The van der Waals surface area contributed by atoms with Gasteiger partial charge in [-0.25, -0.2) is 9.97 Å². The normalized spacial score (nSPS) is 21.3. The summed E-state index contributed by atoms with van der Waals surface area (Å²) in [5.74, 6) is 7.57. The molecule has 4 aliphatic carbocycles. The molecule has 0 amide bonds. The Hall–Kier alpha value is -5.23. The van der Waals surface area contributed by atoms with Crippen LogP contribution in [0.15, 0.2) is 120 Å².